The van der Waals surface area contributed by atoms with Crippen molar-refractivity contribution in [1.82, 2.24) is 10.3 Å². The molecule has 0 atom stereocenters. The molecule has 0 saturated carbocycles. The molecule has 0 fully saturated rings. The van der Waals surface area contributed by atoms with Gasteiger partial charge in [0.1, 0.15) is 5.82 Å². The first-order chi connectivity index (χ1) is 9.40. The quantitative estimate of drug-likeness (QED) is 0.924. The Morgan fingerprint density at radius 3 is 2.60 bits per heavy atom. The molecule has 0 aliphatic carbocycles. The minimum absolute atomic E-state index is 0.0456. The van der Waals surface area contributed by atoms with E-state index in [2.05, 4.69) is 36.5 Å². The number of nitrogens with zero attached hydrogens (tertiary/aromatic N) is 1. The van der Waals surface area contributed by atoms with Crippen LogP contribution in [0.15, 0.2) is 23.6 Å². The van der Waals surface area contributed by atoms with E-state index in [9.17, 15) is 4.39 Å². The van der Waals surface area contributed by atoms with Gasteiger partial charge in [-0.1, -0.05) is 32.9 Å². The molecule has 1 N–H and O–H groups in total. The standard InChI is InChI=1S/C16H21FN2S/c1-16(2,3)14-10-20-15(19-14)8-12-6-5-11(9-18-4)7-13(12)17/h5-7,10,18H,8-9H2,1-4H3. The first kappa shape index (κ1) is 15.1. The average molecular weight is 292 g/mol. The Balaban J connectivity index is 2.16. The summed E-state index contributed by atoms with van der Waals surface area (Å²) in [5.74, 6) is -0.148. The zero-order valence-corrected chi connectivity index (χ0v) is 13.3. The van der Waals surface area contributed by atoms with Crippen molar-refractivity contribution in [3.05, 3.63) is 51.2 Å². The van der Waals surface area contributed by atoms with E-state index in [0.29, 0.717) is 18.5 Å². The molecule has 2 rings (SSSR count). The first-order valence-corrected chi connectivity index (χ1v) is 7.65. The fourth-order valence-corrected chi connectivity index (χ4v) is 2.99. The molecule has 20 heavy (non-hydrogen) atoms. The van der Waals surface area contributed by atoms with E-state index in [0.717, 1.165) is 16.3 Å². The Kier molecular flexibility index (Phi) is 4.55. The van der Waals surface area contributed by atoms with Gasteiger partial charge >= 0.3 is 0 Å². The summed E-state index contributed by atoms with van der Waals surface area (Å²) < 4.78 is 14.0. The van der Waals surface area contributed by atoms with E-state index in [1.54, 1.807) is 17.4 Å². The number of thiazole rings is 1. The number of hydrogen-bond donors (Lipinski definition) is 1. The number of hydrogen-bond acceptors (Lipinski definition) is 3. The number of benzene rings is 1. The zero-order chi connectivity index (χ0) is 14.8. The van der Waals surface area contributed by atoms with Crippen molar-refractivity contribution in [2.45, 2.75) is 39.2 Å². The smallest absolute Gasteiger partial charge is 0.127 e. The molecule has 0 amide bonds. The van der Waals surface area contributed by atoms with Crippen molar-refractivity contribution in [2.24, 2.45) is 0 Å². The summed E-state index contributed by atoms with van der Waals surface area (Å²) in [6.45, 7) is 7.10. The zero-order valence-electron chi connectivity index (χ0n) is 12.5. The van der Waals surface area contributed by atoms with E-state index in [1.807, 2.05) is 19.2 Å². The van der Waals surface area contributed by atoms with Gasteiger partial charge < -0.3 is 5.32 Å². The molecule has 0 aliphatic rings. The van der Waals surface area contributed by atoms with Crippen LogP contribution >= 0.6 is 11.3 Å². The molecule has 4 heteroatoms. The fraction of sp³-hybridized carbons (Fsp3) is 0.438. The van der Waals surface area contributed by atoms with Crippen LogP contribution in [0.1, 0.15) is 42.6 Å². The van der Waals surface area contributed by atoms with E-state index < -0.39 is 0 Å². The number of halogens is 1. The Hall–Kier alpha value is -1.26. The predicted octanol–water partition coefficient (Wildman–Crippen LogP) is 3.89. The third kappa shape index (κ3) is 3.64. The largest absolute Gasteiger partial charge is 0.316 e. The molecule has 0 saturated heterocycles. The number of rotatable bonds is 4. The molecule has 0 bridgehead atoms. The van der Waals surface area contributed by atoms with E-state index in [1.165, 1.54) is 0 Å². The van der Waals surface area contributed by atoms with Crippen molar-refractivity contribution >= 4 is 11.3 Å². The lowest BCUT2D eigenvalue weighted by atomic mass is 9.93. The second-order valence-corrected chi connectivity index (χ2v) is 6.95. The fourth-order valence-electron chi connectivity index (χ4n) is 1.95. The molecular weight excluding hydrogens is 271 g/mol. The van der Waals surface area contributed by atoms with Gasteiger partial charge in [-0.2, -0.15) is 0 Å². The van der Waals surface area contributed by atoms with Gasteiger partial charge in [-0.3, -0.25) is 0 Å². The van der Waals surface area contributed by atoms with Crippen LogP contribution in [0.5, 0.6) is 0 Å². The lowest BCUT2D eigenvalue weighted by Gasteiger charge is -2.14. The molecule has 0 spiro atoms. The van der Waals surface area contributed by atoms with Crippen LogP contribution in [0.3, 0.4) is 0 Å². The van der Waals surface area contributed by atoms with E-state index >= 15 is 0 Å². The van der Waals surface area contributed by atoms with Crippen molar-refractivity contribution in [3.8, 4) is 0 Å². The molecule has 2 nitrogen and oxygen atoms in total. The van der Waals surface area contributed by atoms with Crippen LogP contribution in [0.4, 0.5) is 4.39 Å². The third-order valence-corrected chi connectivity index (χ3v) is 4.01. The van der Waals surface area contributed by atoms with Gasteiger partial charge in [0.05, 0.1) is 10.7 Å². The lowest BCUT2D eigenvalue weighted by molar-refractivity contribution is 0.570. The Morgan fingerprint density at radius 2 is 2.05 bits per heavy atom. The molecule has 0 unspecified atom stereocenters. The van der Waals surface area contributed by atoms with Crippen LogP contribution < -0.4 is 5.32 Å². The van der Waals surface area contributed by atoms with Gasteiger partial charge in [0.15, 0.2) is 0 Å². The highest BCUT2D eigenvalue weighted by Crippen LogP contribution is 2.25. The maximum Gasteiger partial charge on any atom is 0.127 e. The summed E-state index contributed by atoms with van der Waals surface area (Å²) in [5, 5.41) is 6.06. The summed E-state index contributed by atoms with van der Waals surface area (Å²) in [4.78, 5) is 4.62. The van der Waals surface area contributed by atoms with Gasteiger partial charge in [-0.25, -0.2) is 9.37 Å². The van der Waals surface area contributed by atoms with Gasteiger partial charge in [-0.05, 0) is 24.2 Å². The minimum atomic E-state index is -0.148. The van der Waals surface area contributed by atoms with Crippen molar-refractivity contribution in [2.75, 3.05) is 7.05 Å². The topological polar surface area (TPSA) is 24.9 Å². The molecule has 0 radical (unpaired) electrons. The molecule has 2 aromatic rings. The highest BCUT2D eigenvalue weighted by Gasteiger charge is 2.17. The van der Waals surface area contributed by atoms with Gasteiger partial charge in [0.25, 0.3) is 0 Å². The third-order valence-electron chi connectivity index (χ3n) is 3.16. The number of nitrogens with one attached hydrogen (secondary N) is 1. The van der Waals surface area contributed by atoms with Crippen LogP contribution in [-0.4, -0.2) is 12.0 Å². The second kappa shape index (κ2) is 6.02. The summed E-state index contributed by atoms with van der Waals surface area (Å²) in [6, 6.07) is 5.43. The van der Waals surface area contributed by atoms with Crippen molar-refractivity contribution in [1.29, 1.82) is 0 Å². The Morgan fingerprint density at radius 1 is 1.30 bits per heavy atom. The highest BCUT2D eigenvalue weighted by molar-refractivity contribution is 7.09. The van der Waals surface area contributed by atoms with Crippen LogP contribution in [0.25, 0.3) is 0 Å². The average Bonchev–Trinajstić information content (AvgIpc) is 2.81. The Labute approximate surface area is 124 Å². The summed E-state index contributed by atoms with van der Waals surface area (Å²) in [5.41, 5.74) is 2.79. The maximum atomic E-state index is 14.0. The monoisotopic (exact) mass is 292 g/mol. The molecular formula is C16H21FN2S. The van der Waals surface area contributed by atoms with Gasteiger partial charge in [-0.15, -0.1) is 11.3 Å². The summed E-state index contributed by atoms with van der Waals surface area (Å²) in [7, 11) is 1.86. The van der Waals surface area contributed by atoms with Crippen LogP contribution in [0, 0.1) is 5.82 Å². The maximum absolute atomic E-state index is 14.0. The lowest BCUT2D eigenvalue weighted by Crippen LogP contribution is -2.11. The van der Waals surface area contributed by atoms with Gasteiger partial charge in [0.2, 0.25) is 0 Å². The van der Waals surface area contributed by atoms with Gasteiger partial charge in [0, 0.05) is 23.8 Å². The Bertz CT molecular complexity index is 584. The minimum Gasteiger partial charge on any atom is -0.316 e. The van der Waals surface area contributed by atoms with E-state index in [4.69, 9.17) is 0 Å². The molecule has 0 aliphatic heterocycles. The van der Waals surface area contributed by atoms with E-state index in [-0.39, 0.29) is 11.2 Å². The SMILES string of the molecule is CNCc1ccc(Cc2nc(C(C)(C)C)cs2)c(F)c1. The van der Waals surface area contributed by atoms with Crippen molar-refractivity contribution in [3.63, 3.8) is 0 Å². The van der Waals surface area contributed by atoms with Crippen LogP contribution in [-0.2, 0) is 18.4 Å². The normalized spacial score (nSPS) is 11.8. The molecule has 1 aromatic heterocycles. The number of aromatic nitrogens is 1. The van der Waals surface area contributed by atoms with Crippen molar-refractivity contribution < 1.29 is 4.39 Å². The summed E-state index contributed by atoms with van der Waals surface area (Å²) >= 11 is 1.60. The second-order valence-electron chi connectivity index (χ2n) is 6.01. The predicted molar refractivity (Wildman–Crippen MR) is 82.8 cm³/mol. The molecule has 1 aromatic carbocycles. The first-order valence-electron chi connectivity index (χ1n) is 6.77. The molecule has 108 valence electrons. The highest BCUT2D eigenvalue weighted by atomic mass is 32.1. The summed E-state index contributed by atoms with van der Waals surface area (Å²) in [6.07, 6.45) is 0.562. The van der Waals surface area contributed by atoms with Crippen LogP contribution in [0.2, 0.25) is 0 Å². The molecule has 1 heterocycles.